The molecule has 13 heavy (non-hydrogen) atoms. The van der Waals surface area contributed by atoms with Crippen LogP contribution in [0.5, 0.6) is 0 Å². The van der Waals surface area contributed by atoms with Crippen molar-refractivity contribution in [1.82, 2.24) is 9.55 Å². The van der Waals surface area contributed by atoms with Gasteiger partial charge in [0.05, 0.1) is 17.4 Å². The van der Waals surface area contributed by atoms with Gasteiger partial charge in [-0.3, -0.25) is 0 Å². The van der Waals surface area contributed by atoms with Crippen LogP contribution in [-0.2, 0) is 6.54 Å². The van der Waals surface area contributed by atoms with Crippen LogP contribution in [0, 0.1) is 0 Å². The summed E-state index contributed by atoms with van der Waals surface area (Å²) in [6.07, 6.45) is 1.83. The molecular weight excluding hydrogens is 186 g/mol. The zero-order valence-corrected chi connectivity index (χ0v) is 8.00. The SMILES string of the molecule is Cl.NCCn1cnc2ccccc21. The highest BCUT2D eigenvalue weighted by atomic mass is 35.5. The molecule has 0 unspecified atom stereocenters. The van der Waals surface area contributed by atoms with Gasteiger partial charge in [0.15, 0.2) is 0 Å². The first-order valence-corrected chi connectivity index (χ1v) is 4.02. The van der Waals surface area contributed by atoms with Crippen LogP contribution in [0.2, 0.25) is 0 Å². The average molecular weight is 198 g/mol. The molecule has 1 aromatic carbocycles. The molecule has 0 amide bonds. The van der Waals surface area contributed by atoms with Gasteiger partial charge >= 0.3 is 0 Å². The molecule has 1 aromatic heterocycles. The highest BCUT2D eigenvalue weighted by molar-refractivity contribution is 5.85. The summed E-state index contributed by atoms with van der Waals surface area (Å²) in [5.74, 6) is 0. The number of hydrogen-bond acceptors (Lipinski definition) is 2. The topological polar surface area (TPSA) is 43.8 Å². The molecule has 0 spiro atoms. The molecule has 70 valence electrons. The lowest BCUT2D eigenvalue weighted by molar-refractivity contribution is 0.728. The predicted molar refractivity (Wildman–Crippen MR) is 56.0 cm³/mol. The van der Waals surface area contributed by atoms with E-state index in [0.29, 0.717) is 6.54 Å². The van der Waals surface area contributed by atoms with Crippen molar-refractivity contribution in [3.05, 3.63) is 30.6 Å². The van der Waals surface area contributed by atoms with Crippen molar-refractivity contribution in [2.45, 2.75) is 6.54 Å². The molecule has 0 bridgehead atoms. The Balaban J connectivity index is 0.000000845. The van der Waals surface area contributed by atoms with Crippen molar-refractivity contribution in [1.29, 1.82) is 0 Å². The van der Waals surface area contributed by atoms with Crippen molar-refractivity contribution in [2.75, 3.05) is 6.54 Å². The summed E-state index contributed by atoms with van der Waals surface area (Å²) in [4.78, 5) is 4.24. The van der Waals surface area contributed by atoms with Crippen LogP contribution < -0.4 is 5.73 Å². The first-order valence-electron chi connectivity index (χ1n) is 4.02. The molecule has 0 fully saturated rings. The monoisotopic (exact) mass is 197 g/mol. The van der Waals surface area contributed by atoms with Crippen LogP contribution in [0.3, 0.4) is 0 Å². The Morgan fingerprint density at radius 3 is 2.85 bits per heavy atom. The van der Waals surface area contributed by atoms with Crippen molar-refractivity contribution < 1.29 is 0 Å². The molecule has 0 radical (unpaired) electrons. The molecular formula is C9H12ClN3. The molecule has 1 heterocycles. The van der Waals surface area contributed by atoms with Gasteiger partial charge in [0, 0.05) is 13.1 Å². The lowest BCUT2D eigenvalue weighted by atomic mass is 10.3. The number of halogens is 1. The van der Waals surface area contributed by atoms with Crippen LogP contribution in [0.25, 0.3) is 11.0 Å². The van der Waals surface area contributed by atoms with E-state index in [4.69, 9.17) is 5.73 Å². The Bertz CT molecular complexity index is 383. The van der Waals surface area contributed by atoms with E-state index < -0.39 is 0 Å². The molecule has 0 atom stereocenters. The van der Waals surface area contributed by atoms with E-state index in [9.17, 15) is 0 Å². The smallest absolute Gasteiger partial charge is 0.0958 e. The normalized spacial score (nSPS) is 9.92. The lowest BCUT2D eigenvalue weighted by Gasteiger charge is -1.99. The van der Waals surface area contributed by atoms with E-state index in [1.807, 2.05) is 24.5 Å². The number of fused-ring (bicyclic) bond motifs is 1. The third-order valence-electron chi connectivity index (χ3n) is 1.90. The van der Waals surface area contributed by atoms with Gasteiger partial charge in [0.1, 0.15) is 0 Å². The minimum Gasteiger partial charge on any atom is -0.329 e. The highest BCUT2D eigenvalue weighted by Crippen LogP contribution is 2.10. The summed E-state index contributed by atoms with van der Waals surface area (Å²) in [6.45, 7) is 1.49. The van der Waals surface area contributed by atoms with E-state index in [1.165, 1.54) is 0 Å². The maximum absolute atomic E-state index is 5.46. The number of aromatic nitrogens is 2. The standard InChI is InChI=1S/C9H11N3.ClH/c10-5-6-12-7-11-8-3-1-2-4-9(8)12;/h1-4,7H,5-6,10H2;1H. The molecule has 3 nitrogen and oxygen atoms in total. The van der Waals surface area contributed by atoms with Crippen LogP contribution in [0.15, 0.2) is 30.6 Å². The van der Waals surface area contributed by atoms with Gasteiger partial charge in [-0.25, -0.2) is 4.98 Å². The zero-order valence-electron chi connectivity index (χ0n) is 7.18. The van der Waals surface area contributed by atoms with Gasteiger partial charge in [-0.05, 0) is 12.1 Å². The molecule has 2 rings (SSSR count). The van der Waals surface area contributed by atoms with E-state index in [-0.39, 0.29) is 12.4 Å². The second-order valence-corrected chi connectivity index (χ2v) is 2.72. The van der Waals surface area contributed by atoms with Crippen molar-refractivity contribution in [3.63, 3.8) is 0 Å². The third kappa shape index (κ3) is 1.82. The first kappa shape index (κ1) is 10.0. The Morgan fingerprint density at radius 1 is 1.31 bits per heavy atom. The number of nitrogens with zero attached hydrogens (tertiary/aromatic N) is 2. The number of nitrogens with two attached hydrogens (primary N) is 1. The maximum Gasteiger partial charge on any atom is 0.0958 e. The van der Waals surface area contributed by atoms with E-state index in [2.05, 4.69) is 15.6 Å². The molecule has 0 saturated heterocycles. The fraction of sp³-hybridized carbons (Fsp3) is 0.222. The number of para-hydroxylation sites is 2. The van der Waals surface area contributed by atoms with E-state index in [1.54, 1.807) is 0 Å². The minimum atomic E-state index is 0. The highest BCUT2D eigenvalue weighted by Gasteiger charge is 1.98. The van der Waals surface area contributed by atoms with Gasteiger partial charge in [0.2, 0.25) is 0 Å². The molecule has 2 aromatic rings. The quantitative estimate of drug-likeness (QED) is 0.792. The van der Waals surface area contributed by atoms with Gasteiger partial charge in [-0.15, -0.1) is 12.4 Å². The average Bonchev–Trinajstić information content (AvgIpc) is 2.50. The molecule has 0 aliphatic rings. The van der Waals surface area contributed by atoms with Gasteiger partial charge < -0.3 is 10.3 Å². The predicted octanol–water partition coefficient (Wildman–Crippen LogP) is 1.42. The lowest BCUT2D eigenvalue weighted by Crippen LogP contribution is -2.08. The maximum atomic E-state index is 5.46. The van der Waals surface area contributed by atoms with Crippen molar-refractivity contribution in [3.8, 4) is 0 Å². The van der Waals surface area contributed by atoms with E-state index in [0.717, 1.165) is 17.6 Å². The Morgan fingerprint density at radius 2 is 2.08 bits per heavy atom. The summed E-state index contributed by atoms with van der Waals surface area (Å²) in [5.41, 5.74) is 7.65. The summed E-state index contributed by atoms with van der Waals surface area (Å²) in [6, 6.07) is 8.06. The molecule has 0 saturated carbocycles. The van der Waals surface area contributed by atoms with Crippen molar-refractivity contribution in [2.24, 2.45) is 5.73 Å². The second kappa shape index (κ2) is 4.25. The number of imidazole rings is 1. The summed E-state index contributed by atoms with van der Waals surface area (Å²) in [5, 5.41) is 0. The van der Waals surface area contributed by atoms with Crippen LogP contribution in [0.1, 0.15) is 0 Å². The van der Waals surface area contributed by atoms with Crippen LogP contribution in [0.4, 0.5) is 0 Å². The summed E-state index contributed by atoms with van der Waals surface area (Å²) >= 11 is 0. The molecule has 2 N–H and O–H groups in total. The Labute approximate surface area is 83.0 Å². The molecule has 4 heteroatoms. The molecule has 0 aliphatic carbocycles. The number of hydrogen-bond donors (Lipinski definition) is 1. The van der Waals surface area contributed by atoms with Gasteiger partial charge in [0.25, 0.3) is 0 Å². The molecule has 0 aliphatic heterocycles. The van der Waals surface area contributed by atoms with Gasteiger partial charge in [-0.1, -0.05) is 12.1 Å². The van der Waals surface area contributed by atoms with Crippen LogP contribution >= 0.6 is 12.4 Å². The minimum absolute atomic E-state index is 0. The fourth-order valence-electron chi connectivity index (χ4n) is 1.33. The van der Waals surface area contributed by atoms with Gasteiger partial charge in [-0.2, -0.15) is 0 Å². The largest absolute Gasteiger partial charge is 0.329 e. The second-order valence-electron chi connectivity index (χ2n) is 2.72. The third-order valence-corrected chi connectivity index (χ3v) is 1.90. The first-order chi connectivity index (χ1) is 5.92. The Kier molecular flexibility index (Phi) is 3.28. The van der Waals surface area contributed by atoms with E-state index >= 15 is 0 Å². The van der Waals surface area contributed by atoms with Crippen LogP contribution in [-0.4, -0.2) is 16.1 Å². The number of rotatable bonds is 2. The van der Waals surface area contributed by atoms with Crippen molar-refractivity contribution >= 4 is 23.4 Å². The fourth-order valence-corrected chi connectivity index (χ4v) is 1.33. The Hall–Kier alpha value is -1.06. The number of benzene rings is 1. The summed E-state index contributed by atoms with van der Waals surface area (Å²) in [7, 11) is 0. The summed E-state index contributed by atoms with van der Waals surface area (Å²) < 4.78 is 2.06. The zero-order chi connectivity index (χ0) is 8.39.